The molecule has 0 fully saturated rings. The van der Waals surface area contributed by atoms with Gasteiger partial charge in [-0.3, -0.25) is 0 Å². The molecular formula is C26H34Cu2N10O12. The van der Waals surface area contributed by atoms with Gasteiger partial charge < -0.3 is 40.2 Å². The van der Waals surface area contributed by atoms with E-state index in [-0.39, 0.29) is 34.1 Å². The third kappa shape index (κ3) is 2840. The number of nitriles is 10. The van der Waals surface area contributed by atoms with E-state index in [4.69, 9.17) is 112 Å². The largest absolute Gasteiger partial charge is 1.00 e. The van der Waals surface area contributed by atoms with E-state index in [0.717, 1.165) is 0 Å². The van der Waals surface area contributed by atoms with Crippen LogP contribution >= 0.6 is 0 Å². The smallest absolute Gasteiger partial charge is 0.539 e. The molecule has 0 bridgehead atoms. The summed E-state index contributed by atoms with van der Waals surface area (Å²) in [5, 5.41) is 121. The number of carboxylic acids is 6. The van der Waals surface area contributed by atoms with Crippen molar-refractivity contribution in [3.63, 3.8) is 0 Å². The van der Waals surface area contributed by atoms with E-state index in [2.05, 4.69) is 0 Å². The zero-order chi connectivity index (χ0) is 42.5. The summed E-state index contributed by atoms with van der Waals surface area (Å²) >= 11 is 0. The van der Waals surface area contributed by atoms with Crippen LogP contribution in [0, 0.1) is 113 Å². The fourth-order valence-electron chi connectivity index (χ4n) is 0. The summed E-state index contributed by atoms with van der Waals surface area (Å²) in [6.07, 6.45) is 0. The van der Waals surface area contributed by atoms with Crippen molar-refractivity contribution < 1.29 is 93.5 Å². The molecular weight excluding hydrogens is 771 g/mol. The van der Waals surface area contributed by atoms with Gasteiger partial charge in [-0.15, -0.1) is 0 Å². The summed E-state index contributed by atoms with van der Waals surface area (Å²) in [5.41, 5.74) is 0. The van der Waals surface area contributed by atoms with Crippen LogP contribution in [0.5, 0.6) is 0 Å². The number of hydrogen-bond donors (Lipinski definition) is 4. The number of aliphatic carboxylic acids is 6. The molecule has 22 nitrogen and oxygen atoms in total. The zero-order valence-electron chi connectivity index (χ0n) is 28.1. The molecule has 0 aromatic heterocycles. The fraction of sp³-hybridized carbons (Fsp3) is 0.385. The minimum absolute atomic E-state index is 0. The molecule has 0 aromatic rings. The third-order valence-corrected chi connectivity index (χ3v) is 0.532. The predicted octanol–water partition coefficient (Wildman–Crippen LogP) is 0.0912. The average molecular weight is 806 g/mol. The molecule has 0 radical (unpaired) electrons. The Kier molecular flexibility index (Phi) is 312. The van der Waals surface area contributed by atoms with E-state index in [1.807, 2.05) is 0 Å². The molecule has 0 saturated carbocycles. The maximum Gasteiger partial charge on any atom is 1.00 e. The topological polar surface area (TPSA) is 467 Å². The van der Waals surface area contributed by atoms with Gasteiger partial charge in [-0.25, -0.2) is 19.2 Å². The molecule has 0 atom stereocenters. The van der Waals surface area contributed by atoms with E-state index in [1.165, 1.54) is 69.2 Å². The molecule has 0 saturated heterocycles. The first-order valence-electron chi connectivity index (χ1n) is 10.5. The molecule has 0 spiro atoms. The van der Waals surface area contributed by atoms with E-state index in [0.29, 0.717) is 0 Å². The number of nitrogens with zero attached hydrogens (tertiary/aromatic N) is 10. The van der Waals surface area contributed by atoms with Crippen molar-refractivity contribution in [2.75, 3.05) is 0 Å². The Morgan fingerprint density at radius 2 is 0.360 bits per heavy atom. The predicted molar refractivity (Wildman–Crippen MR) is 153 cm³/mol. The van der Waals surface area contributed by atoms with E-state index >= 15 is 0 Å². The molecule has 24 heteroatoms. The van der Waals surface area contributed by atoms with Crippen LogP contribution in [0.25, 0.3) is 0 Å². The van der Waals surface area contributed by atoms with Crippen molar-refractivity contribution in [2.24, 2.45) is 0 Å². The first-order valence-corrected chi connectivity index (χ1v) is 10.5. The Morgan fingerprint density at radius 1 is 0.320 bits per heavy atom. The van der Waals surface area contributed by atoms with Gasteiger partial charge in [0.15, 0.2) is 11.9 Å². The van der Waals surface area contributed by atoms with Gasteiger partial charge in [-0.1, -0.05) is 0 Å². The number of carboxylic acid groups (broad SMARTS) is 6. The molecule has 4 N–H and O–H groups in total. The maximum atomic E-state index is 9.10. The Balaban J connectivity index is -0.0000000206. The Morgan fingerprint density at radius 3 is 0.360 bits per heavy atom. The van der Waals surface area contributed by atoms with E-state index in [1.54, 1.807) is 60.7 Å². The van der Waals surface area contributed by atoms with Crippen LogP contribution in [0.4, 0.5) is 0 Å². The van der Waals surface area contributed by atoms with Gasteiger partial charge in [-0.05, 0) is 0 Å². The van der Waals surface area contributed by atoms with Gasteiger partial charge in [0.25, 0.3) is 0 Å². The van der Waals surface area contributed by atoms with Gasteiger partial charge in [0, 0.05) is 69.2 Å². The van der Waals surface area contributed by atoms with Crippen molar-refractivity contribution in [2.45, 2.75) is 69.2 Å². The molecule has 0 rings (SSSR count). The molecule has 50 heavy (non-hydrogen) atoms. The molecule has 0 aliphatic rings. The second-order valence-electron chi connectivity index (χ2n) is 4.03. The van der Waals surface area contributed by atoms with Gasteiger partial charge in [0.1, 0.15) is 0 Å². The average Bonchev–Trinajstić information content (AvgIpc) is 2.94. The van der Waals surface area contributed by atoms with E-state index in [9.17, 15) is 0 Å². The van der Waals surface area contributed by atoms with Gasteiger partial charge in [-0.2, -0.15) is 52.6 Å². The minimum atomic E-state index is -2.07. The Bertz CT molecular complexity index is 935. The van der Waals surface area contributed by atoms with Crippen LogP contribution in [0.3, 0.4) is 0 Å². The van der Waals surface area contributed by atoms with Crippen LogP contribution in [-0.4, -0.2) is 56.2 Å². The van der Waals surface area contributed by atoms with Crippen molar-refractivity contribution >= 4 is 35.8 Å². The molecule has 0 heterocycles. The standard InChI is InChI=1S/10C2H3N.3C2H2O4.2Cu/c10*1-2-3;3*3-1(4)2(5)6;;/h10*1H3;3*(H,3,4)(H,5,6);;/q;;;;;;;;;;;;;2*+1/p-2. The fourth-order valence-corrected chi connectivity index (χ4v) is 0. The monoisotopic (exact) mass is 804 g/mol. The number of carbonyl (C=O) groups is 6. The molecule has 0 unspecified atom stereocenters. The first kappa shape index (κ1) is 96.8. The van der Waals surface area contributed by atoms with Crippen molar-refractivity contribution in [1.82, 2.24) is 0 Å². The molecule has 0 aliphatic heterocycles. The van der Waals surface area contributed by atoms with Crippen LogP contribution in [0.15, 0.2) is 0 Å². The van der Waals surface area contributed by atoms with Crippen LogP contribution < -0.4 is 10.2 Å². The summed E-state index contributed by atoms with van der Waals surface area (Å²) in [6.45, 7) is 14.3. The minimum Gasteiger partial charge on any atom is -0.539 e. The maximum absolute atomic E-state index is 9.10. The van der Waals surface area contributed by atoms with Crippen molar-refractivity contribution in [3.05, 3.63) is 0 Å². The molecule has 0 aliphatic carbocycles. The van der Waals surface area contributed by atoms with Crippen LogP contribution in [0.1, 0.15) is 69.2 Å². The summed E-state index contributed by atoms with van der Waals surface area (Å²) in [4.78, 5) is 54.2. The summed E-state index contributed by atoms with van der Waals surface area (Å²) in [5.74, 6) is -11.7. The summed E-state index contributed by atoms with van der Waals surface area (Å²) in [7, 11) is 0. The van der Waals surface area contributed by atoms with Gasteiger partial charge in [0.2, 0.25) is 0 Å². The van der Waals surface area contributed by atoms with Crippen molar-refractivity contribution in [1.29, 1.82) is 52.6 Å². The second kappa shape index (κ2) is 161. The summed E-state index contributed by atoms with van der Waals surface area (Å²) < 4.78 is 0. The normalized spacial score (nSPS) is 4.24. The van der Waals surface area contributed by atoms with E-state index < -0.39 is 35.8 Å². The zero-order valence-corrected chi connectivity index (χ0v) is 30.0. The quantitative estimate of drug-likeness (QED) is 0.186. The number of rotatable bonds is 0. The number of hydrogen-bond acceptors (Lipinski definition) is 18. The molecule has 0 aromatic carbocycles. The van der Waals surface area contributed by atoms with Crippen LogP contribution in [-0.2, 0) is 62.9 Å². The van der Waals surface area contributed by atoms with Gasteiger partial charge >= 0.3 is 58.0 Å². The number of carbonyl (C=O) groups excluding carboxylic acids is 2. The van der Waals surface area contributed by atoms with Crippen molar-refractivity contribution in [3.8, 4) is 60.7 Å². The Labute approximate surface area is 311 Å². The summed E-state index contributed by atoms with van der Waals surface area (Å²) in [6, 6.07) is 17.5. The SMILES string of the molecule is CC#N.CC#N.CC#N.CC#N.CC#N.CC#N.CC#N.CC#N.CC#N.CC#N.O=C(O)C(=O)O.O=C([O-])C(=O)O.O=C([O-])C(=O)O.[Cu+].[Cu+]. The first-order chi connectivity index (χ1) is 22.1. The van der Waals surface area contributed by atoms with Gasteiger partial charge in [0.05, 0.1) is 60.7 Å². The second-order valence-corrected chi connectivity index (χ2v) is 4.03. The molecule has 282 valence electrons. The molecule has 0 amide bonds. The third-order valence-electron chi connectivity index (χ3n) is 0.532. The van der Waals surface area contributed by atoms with Crippen LogP contribution in [0.2, 0.25) is 0 Å². The Hall–Kier alpha value is -7.24.